The molecule has 0 radical (unpaired) electrons. The zero-order chi connectivity index (χ0) is 23.3. The standard InChI is InChI=1S/C24H38N2O6/c1-19(27)26-15-8-14-25(23(29)12-11-20-9-4-3-5-10-20)13-6-7-16-32-18-21(28)24(30)22(17-26)31-2/h3-5,9-10,21-22,24,28,30H,6-8,11-18H2,1-2H3/t21-,22-,24-/m0/s1. The van der Waals surface area contributed by atoms with Crippen LogP contribution in [0, 0.1) is 0 Å². The van der Waals surface area contributed by atoms with E-state index in [0.29, 0.717) is 45.5 Å². The second-order valence-electron chi connectivity index (χ2n) is 8.30. The summed E-state index contributed by atoms with van der Waals surface area (Å²) in [7, 11) is 1.45. The fourth-order valence-electron chi connectivity index (χ4n) is 3.84. The van der Waals surface area contributed by atoms with Gasteiger partial charge in [-0.1, -0.05) is 30.3 Å². The maximum Gasteiger partial charge on any atom is 0.222 e. The Morgan fingerprint density at radius 2 is 1.75 bits per heavy atom. The highest BCUT2D eigenvalue weighted by Crippen LogP contribution is 2.11. The minimum absolute atomic E-state index is 0.0131. The van der Waals surface area contributed by atoms with Crippen LogP contribution in [0.15, 0.2) is 30.3 Å². The highest BCUT2D eigenvalue weighted by molar-refractivity contribution is 5.76. The average molecular weight is 451 g/mol. The van der Waals surface area contributed by atoms with Crippen molar-refractivity contribution in [1.82, 2.24) is 9.80 Å². The predicted octanol–water partition coefficient (Wildman–Crippen LogP) is 1.23. The van der Waals surface area contributed by atoms with Crippen LogP contribution in [0.5, 0.6) is 0 Å². The second kappa shape index (κ2) is 14.2. The first-order valence-corrected chi connectivity index (χ1v) is 11.5. The van der Waals surface area contributed by atoms with Gasteiger partial charge in [-0.25, -0.2) is 0 Å². The van der Waals surface area contributed by atoms with Gasteiger partial charge in [0.2, 0.25) is 11.8 Å². The van der Waals surface area contributed by atoms with Gasteiger partial charge in [0.1, 0.15) is 18.3 Å². The lowest BCUT2D eigenvalue weighted by Crippen LogP contribution is -2.48. The van der Waals surface area contributed by atoms with Crippen molar-refractivity contribution in [2.75, 3.05) is 46.5 Å². The molecule has 2 amide bonds. The Balaban J connectivity index is 2.02. The SMILES string of the molecule is CO[C@H]1CN(C(C)=O)CCCN(C(=O)CCc2ccccc2)CCCCOC[C@H](O)[C@@H]1O. The molecule has 0 aromatic heterocycles. The fourth-order valence-corrected chi connectivity index (χ4v) is 3.84. The van der Waals surface area contributed by atoms with Crippen LogP contribution in [0.2, 0.25) is 0 Å². The van der Waals surface area contributed by atoms with Crippen molar-refractivity contribution in [3.8, 4) is 0 Å². The third-order valence-corrected chi connectivity index (χ3v) is 5.86. The van der Waals surface area contributed by atoms with Crippen molar-refractivity contribution in [2.24, 2.45) is 0 Å². The number of aliphatic hydroxyl groups is 2. The third-order valence-electron chi connectivity index (χ3n) is 5.86. The summed E-state index contributed by atoms with van der Waals surface area (Å²) in [5.74, 6) is -0.0367. The van der Waals surface area contributed by atoms with Gasteiger partial charge in [-0.15, -0.1) is 0 Å². The zero-order valence-corrected chi connectivity index (χ0v) is 19.3. The molecule has 8 nitrogen and oxygen atoms in total. The van der Waals surface area contributed by atoms with E-state index in [2.05, 4.69) is 0 Å². The van der Waals surface area contributed by atoms with E-state index in [0.717, 1.165) is 18.4 Å². The van der Waals surface area contributed by atoms with E-state index in [1.165, 1.54) is 14.0 Å². The van der Waals surface area contributed by atoms with Crippen LogP contribution >= 0.6 is 0 Å². The van der Waals surface area contributed by atoms with Gasteiger partial charge in [0.25, 0.3) is 0 Å². The number of carbonyl (C=O) groups excluding carboxylic acids is 2. The van der Waals surface area contributed by atoms with E-state index < -0.39 is 18.3 Å². The Kier molecular flexibility index (Phi) is 11.7. The van der Waals surface area contributed by atoms with E-state index >= 15 is 0 Å². The second-order valence-corrected chi connectivity index (χ2v) is 8.30. The quantitative estimate of drug-likeness (QED) is 0.716. The molecule has 180 valence electrons. The van der Waals surface area contributed by atoms with Gasteiger partial charge in [0, 0.05) is 53.2 Å². The predicted molar refractivity (Wildman–Crippen MR) is 121 cm³/mol. The Morgan fingerprint density at radius 3 is 2.44 bits per heavy atom. The molecule has 0 saturated carbocycles. The number of rotatable bonds is 4. The summed E-state index contributed by atoms with van der Waals surface area (Å²) in [5, 5.41) is 20.7. The number of aryl methyl sites for hydroxylation is 1. The Bertz CT molecular complexity index is 686. The van der Waals surface area contributed by atoms with Gasteiger partial charge in [-0.3, -0.25) is 9.59 Å². The summed E-state index contributed by atoms with van der Waals surface area (Å²) in [6.07, 6.45) is 0.308. The topological polar surface area (TPSA) is 99.5 Å². The first-order chi connectivity index (χ1) is 15.4. The van der Waals surface area contributed by atoms with Gasteiger partial charge in [0.15, 0.2) is 0 Å². The smallest absolute Gasteiger partial charge is 0.222 e. The normalized spacial score (nSPS) is 24.4. The van der Waals surface area contributed by atoms with Crippen molar-refractivity contribution >= 4 is 11.8 Å². The molecular weight excluding hydrogens is 412 g/mol. The number of benzene rings is 1. The largest absolute Gasteiger partial charge is 0.388 e. The molecule has 2 rings (SSSR count). The molecular formula is C24H38N2O6. The van der Waals surface area contributed by atoms with E-state index in [-0.39, 0.29) is 25.0 Å². The van der Waals surface area contributed by atoms with Gasteiger partial charge >= 0.3 is 0 Å². The van der Waals surface area contributed by atoms with Gasteiger partial charge in [-0.2, -0.15) is 0 Å². The Morgan fingerprint density at radius 1 is 1.06 bits per heavy atom. The molecule has 0 aliphatic carbocycles. The zero-order valence-electron chi connectivity index (χ0n) is 19.3. The average Bonchev–Trinajstić information content (AvgIpc) is 2.80. The molecule has 0 bridgehead atoms. The molecule has 0 unspecified atom stereocenters. The van der Waals surface area contributed by atoms with Crippen molar-refractivity contribution < 1.29 is 29.3 Å². The fraction of sp³-hybridized carbons (Fsp3) is 0.667. The van der Waals surface area contributed by atoms with Crippen LogP contribution in [0.1, 0.15) is 38.2 Å². The van der Waals surface area contributed by atoms with Crippen molar-refractivity contribution in [2.45, 2.75) is 57.3 Å². The molecule has 8 heteroatoms. The first kappa shape index (κ1) is 26.3. The van der Waals surface area contributed by atoms with Gasteiger partial charge in [0.05, 0.1) is 6.61 Å². The monoisotopic (exact) mass is 450 g/mol. The lowest BCUT2D eigenvalue weighted by molar-refractivity contribution is -0.136. The van der Waals surface area contributed by atoms with E-state index in [1.54, 1.807) is 4.90 Å². The number of methoxy groups -OCH3 is 1. The summed E-state index contributed by atoms with van der Waals surface area (Å²) in [4.78, 5) is 28.5. The molecule has 1 aliphatic rings. The summed E-state index contributed by atoms with van der Waals surface area (Å²) in [5.41, 5.74) is 1.14. The number of aliphatic hydroxyl groups excluding tert-OH is 2. The third kappa shape index (κ3) is 8.86. The van der Waals surface area contributed by atoms with Crippen LogP contribution in [0.4, 0.5) is 0 Å². The number of amides is 2. The Labute approximate surface area is 191 Å². The molecule has 1 aromatic rings. The first-order valence-electron chi connectivity index (χ1n) is 11.5. The summed E-state index contributed by atoms with van der Waals surface area (Å²) >= 11 is 0. The van der Waals surface area contributed by atoms with Gasteiger partial charge < -0.3 is 29.5 Å². The molecule has 1 aliphatic heterocycles. The van der Waals surface area contributed by atoms with Gasteiger partial charge in [-0.05, 0) is 31.2 Å². The van der Waals surface area contributed by atoms with Crippen LogP contribution < -0.4 is 0 Å². The summed E-state index contributed by atoms with van der Waals surface area (Å²) in [6, 6.07) is 9.96. The minimum Gasteiger partial charge on any atom is -0.388 e. The van der Waals surface area contributed by atoms with Crippen molar-refractivity contribution in [3.63, 3.8) is 0 Å². The van der Waals surface area contributed by atoms with Crippen LogP contribution in [0.3, 0.4) is 0 Å². The molecule has 0 spiro atoms. The van der Waals surface area contributed by atoms with E-state index in [1.807, 2.05) is 35.2 Å². The molecule has 1 saturated heterocycles. The van der Waals surface area contributed by atoms with Crippen LogP contribution in [0.25, 0.3) is 0 Å². The molecule has 32 heavy (non-hydrogen) atoms. The lowest BCUT2D eigenvalue weighted by atomic mass is 10.1. The highest BCUT2D eigenvalue weighted by atomic mass is 16.5. The highest BCUT2D eigenvalue weighted by Gasteiger charge is 2.29. The van der Waals surface area contributed by atoms with E-state index in [4.69, 9.17) is 9.47 Å². The molecule has 1 heterocycles. The molecule has 1 fully saturated rings. The van der Waals surface area contributed by atoms with Crippen molar-refractivity contribution in [1.29, 1.82) is 0 Å². The lowest BCUT2D eigenvalue weighted by Gasteiger charge is -2.31. The number of nitrogens with zero attached hydrogens (tertiary/aromatic N) is 2. The maximum absolute atomic E-state index is 12.9. The minimum atomic E-state index is -1.16. The molecule has 2 N–H and O–H groups in total. The Hall–Kier alpha value is -2.00. The van der Waals surface area contributed by atoms with Crippen molar-refractivity contribution in [3.05, 3.63) is 35.9 Å². The molecule has 1 aromatic carbocycles. The number of hydrogen-bond donors (Lipinski definition) is 2. The number of ether oxygens (including phenoxy) is 2. The summed E-state index contributed by atoms with van der Waals surface area (Å²) in [6.45, 7) is 3.68. The number of hydrogen-bond acceptors (Lipinski definition) is 6. The van der Waals surface area contributed by atoms with Crippen LogP contribution in [-0.2, 0) is 25.5 Å². The van der Waals surface area contributed by atoms with E-state index in [9.17, 15) is 19.8 Å². The number of carbonyl (C=O) groups is 2. The van der Waals surface area contributed by atoms with Crippen LogP contribution in [-0.4, -0.2) is 96.6 Å². The maximum atomic E-state index is 12.9. The summed E-state index contributed by atoms with van der Waals surface area (Å²) < 4.78 is 10.9. The molecule has 3 atom stereocenters.